The van der Waals surface area contributed by atoms with Gasteiger partial charge in [-0.05, 0) is 11.1 Å². The molecule has 2 amide bonds. The van der Waals surface area contributed by atoms with Gasteiger partial charge in [0.1, 0.15) is 6.04 Å². The molecular weight excluding hydrogens is 290 g/mol. The minimum absolute atomic E-state index is 0.270. The van der Waals surface area contributed by atoms with Gasteiger partial charge in [-0.2, -0.15) is 0 Å². The second-order valence-electron chi connectivity index (χ2n) is 5.54. The molecule has 2 atom stereocenters. The van der Waals surface area contributed by atoms with E-state index in [1.165, 1.54) is 0 Å². The normalized spacial score (nSPS) is 13.1. The zero-order valence-corrected chi connectivity index (χ0v) is 12.9. The van der Waals surface area contributed by atoms with Crippen LogP contribution in [0.5, 0.6) is 0 Å². The number of carbonyl (C=O) groups excluding carboxylic acids is 2. The molecule has 0 saturated heterocycles. The maximum atomic E-state index is 12.3. The Bertz CT molecular complexity index is 644. The molecule has 0 aliphatic rings. The Balaban J connectivity index is 1.96. The molecule has 0 fully saturated rings. The van der Waals surface area contributed by atoms with Crippen molar-refractivity contribution in [2.75, 3.05) is 0 Å². The van der Waals surface area contributed by atoms with Crippen LogP contribution >= 0.6 is 0 Å². The van der Waals surface area contributed by atoms with E-state index in [1.807, 2.05) is 60.7 Å². The lowest BCUT2D eigenvalue weighted by atomic mass is 10.0. The van der Waals surface area contributed by atoms with Crippen LogP contribution < -0.4 is 16.8 Å². The smallest absolute Gasteiger partial charge is 0.279 e. The molecule has 2 rings (SSSR count). The third kappa shape index (κ3) is 5.23. The molecule has 0 bridgehead atoms. The molecule has 6 N–H and O–H groups in total. The Labute approximate surface area is 135 Å². The minimum Gasteiger partial charge on any atom is -0.368 e. The molecule has 0 heterocycles. The topological polar surface area (TPSA) is 99.8 Å². The van der Waals surface area contributed by atoms with Gasteiger partial charge in [-0.15, -0.1) is 0 Å². The van der Waals surface area contributed by atoms with E-state index in [4.69, 9.17) is 5.73 Å². The Kier molecular flexibility index (Phi) is 5.88. The standard InChI is InChI=1S/C18H21N3O2/c19-15(11-13-7-3-1-4-8-13)18(23)21-16(17(20)22)12-14-9-5-2-6-10-14/h1-10,15-16H,11-12,19H2,(H2,20,22)(H,21,23)/p+1/t15-,16+/m0/s1. The summed E-state index contributed by atoms with van der Waals surface area (Å²) < 4.78 is 0. The van der Waals surface area contributed by atoms with Crippen LogP contribution in [-0.4, -0.2) is 23.9 Å². The first-order valence-corrected chi connectivity index (χ1v) is 7.57. The van der Waals surface area contributed by atoms with Crippen LogP contribution in [-0.2, 0) is 22.4 Å². The molecular formula is C18H22N3O2+. The van der Waals surface area contributed by atoms with Crippen LogP contribution in [0.25, 0.3) is 0 Å². The fraction of sp³-hybridized carbons (Fsp3) is 0.222. The van der Waals surface area contributed by atoms with Crippen molar-refractivity contribution in [3.63, 3.8) is 0 Å². The van der Waals surface area contributed by atoms with Gasteiger partial charge in [0.25, 0.3) is 5.91 Å². The third-order valence-corrected chi connectivity index (χ3v) is 3.64. The number of amides is 2. The highest BCUT2D eigenvalue weighted by atomic mass is 16.2. The van der Waals surface area contributed by atoms with Gasteiger partial charge in [0.15, 0.2) is 6.04 Å². The zero-order valence-electron chi connectivity index (χ0n) is 12.9. The number of nitrogens with two attached hydrogens (primary N) is 1. The predicted octanol–water partition coefficient (Wildman–Crippen LogP) is 0.0524. The first-order valence-electron chi connectivity index (χ1n) is 7.57. The summed E-state index contributed by atoms with van der Waals surface area (Å²) in [5.41, 5.74) is 11.3. The molecule has 120 valence electrons. The lowest BCUT2D eigenvalue weighted by Gasteiger charge is -2.17. The number of rotatable bonds is 7. The fourth-order valence-electron chi connectivity index (χ4n) is 2.35. The van der Waals surface area contributed by atoms with Crippen molar-refractivity contribution in [3.05, 3.63) is 71.8 Å². The number of primary amides is 1. The molecule has 0 spiro atoms. The molecule has 5 nitrogen and oxygen atoms in total. The van der Waals surface area contributed by atoms with Crippen molar-refractivity contribution in [2.45, 2.75) is 24.9 Å². The summed E-state index contributed by atoms with van der Waals surface area (Å²) >= 11 is 0. The average Bonchev–Trinajstić information content (AvgIpc) is 2.56. The Morgan fingerprint density at radius 3 is 1.87 bits per heavy atom. The van der Waals surface area contributed by atoms with Crippen molar-refractivity contribution in [2.24, 2.45) is 5.73 Å². The van der Waals surface area contributed by atoms with Gasteiger partial charge in [0, 0.05) is 12.8 Å². The SMILES string of the molecule is NC(=O)[C@@H](Cc1ccccc1)NC(=O)[C@@H]([NH3+])Cc1ccccc1. The summed E-state index contributed by atoms with van der Waals surface area (Å²) in [4.78, 5) is 23.9. The van der Waals surface area contributed by atoms with Crippen molar-refractivity contribution < 1.29 is 15.3 Å². The average molecular weight is 312 g/mol. The summed E-state index contributed by atoms with van der Waals surface area (Å²) in [6, 6.07) is 17.9. The monoisotopic (exact) mass is 312 g/mol. The molecule has 0 radical (unpaired) electrons. The molecule has 0 aliphatic carbocycles. The largest absolute Gasteiger partial charge is 0.368 e. The summed E-state index contributed by atoms with van der Waals surface area (Å²) in [7, 11) is 0. The third-order valence-electron chi connectivity index (χ3n) is 3.64. The molecule has 0 aromatic heterocycles. The molecule has 2 aromatic carbocycles. The summed E-state index contributed by atoms with van der Waals surface area (Å²) in [6.07, 6.45) is 0.892. The summed E-state index contributed by atoms with van der Waals surface area (Å²) in [6.45, 7) is 0. The minimum atomic E-state index is -0.732. The van der Waals surface area contributed by atoms with Crippen molar-refractivity contribution >= 4 is 11.8 Å². The van der Waals surface area contributed by atoms with Crippen molar-refractivity contribution in [3.8, 4) is 0 Å². The van der Waals surface area contributed by atoms with Gasteiger partial charge in [0.05, 0.1) is 0 Å². The van der Waals surface area contributed by atoms with E-state index in [1.54, 1.807) is 0 Å². The van der Waals surface area contributed by atoms with E-state index in [2.05, 4.69) is 11.1 Å². The van der Waals surface area contributed by atoms with E-state index >= 15 is 0 Å². The van der Waals surface area contributed by atoms with Gasteiger partial charge in [0.2, 0.25) is 5.91 Å². The van der Waals surface area contributed by atoms with Crippen LogP contribution in [0, 0.1) is 0 Å². The van der Waals surface area contributed by atoms with Crippen LogP contribution in [0.3, 0.4) is 0 Å². The number of benzene rings is 2. The molecule has 0 aliphatic heterocycles. The first-order chi connectivity index (χ1) is 11.1. The lowest BCUT2D eigenvalue weighted by molar-refractivity contribution is -0.403. The Hall–Kier alpha value is -2.66. The van der Waals surface area contributed by atoms with E-state index < -0.39 is 18.0 Å². The second kappa shape index (κ2) is 8.10. The Morgan fingerprint density at radius 2 is 1.39 bits per heavy atom. The predicted molar refractivity (Wildman–Crippen MR) is 88.1 cm³/mol. The highest BCUT2D eigenvalue weighted by Crippen LogP contribution is 2.05. The number of hydrogen-bond acceptors (Lipinski definition) is 2. The number of hydrogen-bond donors (Lipinski definition) is 3. The van der Waals surface area contributed by atoms with Gasteiger partial charge < -0.3 is 16.8 Å². The van der Waals surface area contributed by atoms with Gasteiger partial charge >= 0.3 is 0 Å². The molecule has 2 aromatic rings. The Morgan fingerprint density at radius 1 is 0.913 bits per heavy atom. The number of carbonyl (C=O) groups is 2. The van der Waals surface area contributed by atoms with Gasteiger partial charge in [-0.25, -0.2) is 0 Å². The van der Waals surface area contributed by atoms with E-state index in [9.17, 15) is 9.59 Å². The van der Waals surface area contributed by atoms with E-state index in [0.717, 1.165) is 11.1 Å². The van der Waals surface area contributed by atoms with Crippen LogP contribution in [0.15, 0.2) is 60.7 Å². The van der Waals surface area contributed by atoms with E-state index in [0.29, 0.717) is 12.8 Å². The van der Waals surface area contributed by atoms with Crippen LogP contribution in [0.4, 0.5) is 0 Å². The number of quaternary nitrogens is 1. The molecule has 23 heavy (non-hydrogen) atoms. The molecule has 0 unspecified atom stereocenters. The first kappa shape index (κ1) is 16.7. The summed E-state index contributed by atoms with van der Waals surface area (Å²) in [5.74, 6) is -0.817. The molecule has 5 heteroatoms. The molecule has 0 saturated carbocycles. The quantitative estimate of drug-likeness (QED) is 0.673. The van der Waals surface area contributed by atoms with E-state index in [-0.39, 0.29) is 5.91 Å². The van der Waals surface area contributed by atoms with Crippen LogP contribution in [0.1, 0.15) is 11.1 Å². The number of nitrogens with one attached hydrogen (secondary N) is 1. The zero-order chi connectivity index (χ0) is 16.7. The van der Waals surface area contributed by atoms with Gasteiger partial charge in [-0.1, -0.05) is 60.7 Å². The van der Waals surface area contributed by atoms with Crippen molar-refractivity contribution in [1.29, 1.82) is 0 Å². The fourth-order valence-corrected chi connectivity index (χ4v) is 2.35. The van der Waals surface area contributed by atoms with Crippen LogP contribution in [0.2, 0.25) is 0 Å². The lowest BCUT2D eigenvalue weighted by Crippen LogP contribution is -2.69. The van der Waals surface area contributed by atoms with Gasteiger partial charge in [-0.3, -0.25) is 9.59 Å². The summed E-state index contributed by atoms with van der Waals surface area (Å²) in [5, 5.41) is 2.71. The highest BCUT2D eigenvalue weighted by molar-refractivity contribution is 5.88. The second-order valence-corrected chi connectivity index (χ2v) is 5.54. The highest BCUT2D eigenvalue weighted by Gasteiger charge is 2.24. The maximum absolute atomic E-state index is 12.3. The van der Waals surface area contributed by atoms with Crippen molar-refractivity contribution in [1.82, 2.24) is 5.32 Å². The maximum Gasteiger partial charge on any atom is 0.279 e.